The maximum Gasteiger partial charge on any atom is 0.407 e. The summed E-state index contributed by atoms with van der Waals surface area (Å²) in [6.07, 6.45) is 3.68. The number of imide groups is 1. The van der Waals surface area contributed by atoms with Gasteiger partial charge in [0.1, 0.15) is 0 Å². The van der Waals surface area contributed by atoms with Gasteiger partial charge in [0.25, 0.3) is 11.8 Å². The first-order valence-corrected chi connectivity index (χ1v) is 11.1. The van der Waals surface area contributed by atoms with Crippen molar-refractivity contribution < 1.29 is 38.2 Å². The number of rotatable bonds is 12. The number of carbonyl (C=O) groups is 4. The van der Waals surface area contributed by atoms with E-state index in [1.807, 2.05) is 0 Å². The molecular weight excluding hydrogens is 420 g/mol. The Hall–Kier alpha value is -2.64. The summed E-state index contributed by atoms with van der Waals surface area (Å²) in [5.74, 6) is 6.36. The zero-order valence-corrected chi connectivity index (χ0v) is 18.1. The third-order valence-corrected chi connectivity index (χ3v) is 5.78. The lowest BCUT2D eigenvalue weighted by Crippen LogP contribution is -2.32. The Kier molecular flexibility index (Phi) is 9.31. The summed E-state index contributed by atoms with van der Waals surface area (Å²) in [4.78, 5) is 50.8. The molecule has 0 aromatic carbocycles. The topological polar surface area (TPSA) is 120 Å². The van der Waals surface area contributed by atoms with E-state index in [0.717, 1.165) is 25.7 Å². The van der Waals surface area contributed by atoms with Crippen LogP contribution in [-0.4, -0.2) is 68.5 Å². The number of carbonyl (C=O) groups excluding carboxylic acids is 4. The molecular formula is C22H30N2O8. The molecule has 3 amide bonds. The Morgan fingerprint density at radius 2 is 1.56 bits per heavy atom. The lowest BCUT2D eigenvalue weighted by molar-refractivity contribution is -0.198. The van der Waals surface area contributed by atoms with Crippen molar-refractivity contribution in [1.82, 2.24) is 10.4 Å². The molecule has 3 rings (SSSR count). The molecule has 3 atom stereocenters. The van der Waals surface area contributed by atoms with Crippen molar-refractivity contribution in [2.45, 2.75) is 44.9 Å². The molecule has 176 valence electrons. The second kappa shape index (κ2) is 12.4. The van der Waals surface area contributed by atoms with Gasteiger partial charge in [-0.3, -0.25) is 9.59 Å². The Balaban J connectivity index is 1.11. The van der Waals surface area contributed by atoms with E-state index in [-0.39, 0.29) is 32.5 Å². The number of nitrogens with one attached hydrogen (secondary N) is 1. The fourth-order valence-electron chi connectivity index (χ4n) is 4.01. The molecule has 0 bridgehead atoms. The smallest absolute Gasteiger partial charge is 0.407 e. The maximum absolute atomic E-state index is 11.8. The first-order chi connectivity index (χ1) is 15.6. The highest BCUT2D eigenvalue weighted by molar-refractivity contribution is 6.01. The zero-order valence-electron chi connectivity index (χ0n) is 18.1. The van der Waals surface area contributed by atoms with Crippen LogP contribution >= 0.6 is 0 Å². The molecule has 32 heavy (non-hydrogen) atoms. The summed E-state index contributed by atoms with van der Waals surface area (Å²) in [6.45, 7) is 1.73. The van der Waals surface area contributed by atoms with Gasteiger partial charge >= 0.3 is 12.1 Å². The van der Waals surface area contributed by atoms with E-state index in [1.54, 1.807) is 0 Å². The van der Waals surface area contributed by atoms with Crippen LogP contribution in [0.25, 0.3) is 0 Å². The molecule has 1 heterocycles. The lowest BCUT2D eigenvalue weighted by atomic mass is 10.1. The van der Waals surface area contributed by atoms with Crippen LogP contribution in [0.1, 0.15) is 44.9 Å². The van der Waals surface area contributed by atoms with E-state index in [2.05, 4.69) is 17.2 Å². The van der Waals surface area contributed by atoms with Crippen LogP contribution < -0.4 is 5.32 Å². The molecule has 0 spiro atoms. The van der Waals surface area contributed by atoms with Gasteiger partial charge in [0, 0.05) is 32.2 Å². The molecule has 1 saturated carbocycles. The third kappa shape index (κ3) is 7.50. The van der Waals surface area contributed by atoms with Crippen LogP contribution in [0, 0.1) is 29.6 Å². The minimum absolute atomic E-state index is 0.0593. The van der Waals surface area contributed by atoms with E-state index in [1.165, 1.54) is 0 Å². The number of hydrogen-bond acceptors (Lipinski definition) is 8. The largest absolute Gasteiger partial charge is 0.449 e. The van der Waals surface area contributed by atoms with E-state index in [4.69, 9.17) is 19.0 Å². The molecule has 1 saturated heterocycles. The fourth-order valence-corrected chi connectivity index (χ4v) is 4.01. The lowest BCUT2D eigenvalue weighted by Gasteiger charge is -2.12. The van der Waals surface area contributed by atoms with Crippen LogP contribution in [0.3, 0.4) is 0 Å². The monoisotopic (exact) mass is 450 g/mol. The zero-order chi connectivity index (χ0) is 22.8. The number of fused-ring (bicyclic) bond motifs is 1. The van der Waals surface area contributed by atoms with Gasteiger partial charge in [-0.25, -0.2) is 9.59 Å². The molecule has 2 aliphatic carbocycles. The highest BCUT2D eigenvalue weighted by Gasteiger charge is 2.49. The van der Waals surface area contributed by atoms with Crippen molar-refractivity contribution in [1.29, 1.82) is 0 Å². The highest BCUT2D eigenvalue weighted by atomic mass is 16.7. The Morgan fingerprint density at radius 1 is 0.938 bits per heavy atom. The van der Waals surface area contributed by atoms with Crippen LogP contribution in [0.4, 0.5) is 4.79 Å². The van der Waals surface area contributed by atoms with Gasteiger partial charge in [0.05, 0.1) is 39.5 Å². The van der Waals surface area contributed by atoms with E-state index >= 15 is 0 Å². The predicted octanol–water partition coefficient (Wildman–Crippen LogP) is 1.18. The van der Waals surface area contributed by atoms with Crippen molar-refractivity contribution >= 4 is 23.9 Å². The summed E-state index contributed by atoms with van der Waals surface area (Å²) < 4.78 is 15.9. The van der Waals surface area contributed by atoms with Gasteiger partial charge in [-0.2, -0.15) is 0 Å². The fraction of sp³-hybridized carbons (Fsp3) is 0.727. The van der Waals surface area contributed by atoms with Crippen molar-refractivity contribution in [2.75, 3.05) is 39.6 Å². The first kappa shape index (κ1) is 24.0. The van der Waals surface area contributed by atoms with Gasteiger partial charge in [-0.1, -0.05) is 0 Å². The average molecular weight is 450 g/mol. The number of hydrogen-bond donors (Lipinski definition) is 1. The molecule has 1 aliphatic heterocycles. The number of hydroxylamine groups is 2. The van der Waals surface area contributed by atoms with Gasteiger partial charge in [-0.15, -0.1) is 16.9 Å². The van der Waals surface area contributed by atoms with E-state index in [9.17, 15) is 19.2 Å². The van der Waals surface area contributed by atoms with Crippen LogP contribution in [0.15, 0.2) is 0 Å². The molecule has 2 fully saturated rings. The van der Waals surface area contributed by atoms with Gasteiger partial charge in [-0.05, 0) is 30.6 Å². The minimum Gasteiger partial charge on any atom is -0.449 e. The molecule has 1 N–H and O–H groups in total. The summed E-state index contributed by atoms with van der Waals surface area (Å²) in [7, 11) is 0. The molecule has 0 radical (unpaired) electrons. The number of amides is 3. The molecule has 0 aromatic heterocycles. The third-order valence-electron chi connectivity index (χ3n) is 5.78. The number of nitrogens with zero attached hydrogens (tertiary/aromatic N) is 1. The second-order valence-corrected chi connectivity index (χ2v) is 7.97. The summed E-state index contributed by atoms with van der Waals surface area (Å²) in [5, 5.41) is 3.17. The van der Waals surface area contributed by atoms with Gasteiger partial charge < -0.3 is 24.4 Å². The Morgan fingerprint density at radius 3 is 2.22 bits per heavy atom. The SMILES string of the molecule is O=C(CCOCCOCCNC(=O)OCC1[C@H]2CCC#CCC[C@@H]12)ON1C(=O)CCC1=O. The Bertz CT molecular complexity index is 725. The molecule has 3 aliphatic rings. The molecule has 1 unspecified atom stereocenters. The normalized spacial score (nSPS) is 24.0. The average Bonchev–Trinajstić information content (AvgIpc) is 3.30. The predicted molar refractivity (Wildman–Crippen MR) is 109 cm³/mol. The summed E-state index contributed by atoms with van der Waals surface area (Å²) in [5.41, 5.74) is 0. The quantitative estimate of drug-likeness (QED) is 0.267. The van der Waals surface area contributed by atoms with Crippen molar-refractivity contribution in [3.8, 4) is 11.8 Å². The van der Waals surface area contributed by atoms with Crippen LogP contribution in [0.5, 0.6) is 0 Å². The second-order valence-electron chi connectivity index (χ2n) is 7.97. The Labute approximate surface area is 187 Å². The van der Waals surface area contributed by atoms with E-state index < -0.39 is 23.9 Å². The van der Waals surface area contributed by atoms with Crippen molar-refractivity contribution in [3.63, 3.8) is 0 Å². The minimum atomic E-state index is -0.706. The van der Waals surface area contributed by atoms with Crippen LogP contribution in [-0.2, 0) is 33.4 Å². The van der Waals surface area contributed by atoms with Crippen molar-refractivity contribution in [3.05, 3.63) is 0 Å². The van der Waals surface area contributed by atoms with Crippen molar-refractivity contribution in [2.24, 2.45) is 17.8 Å². The van der Waals surface area contributed by atoms with E-state index in [0.29, 0.717) is 49.2 Å². The summed E-state index contributed by atoms with van der Waals surface area (Å²) in [6, 6.07) is 0. The standard InChI is InChI=1S/C22H30N2O8/c25-19-7-8-20(26)24(19)32-21(27)9-11-29-13-14-30-12-10-23-22(28)31-15-18-16-5-3-1-2-4-6-17(16)18/h16-18H,3-15H2,(H,23,28)/t16-,17+,18?. The first-order valence-electron chi connectivity index (χ1n) is 11.1. The number of alkyl carbamates (subject to hydrolysis) is 1. The molecule has 0 aromatic rings. The van der Waals surface area contributed by atoms with Gasteiger partial charge in [0.2, 0.25) is 0 Å². The summed E-state index contributed by atoms with van der Waals surface area (Å²) >= 11 is 0. The van der Waals surface area contributed by atoms with Crippen LogP contribution in [0.2, 0.25) is 0 Å². The number of ether oxygens (including phenoxy) is 3. The highest BCUT2D eigenvalue weighted by Crippen LogP contribution is 2.52. The maximum atomic E-state index is 11.8. The van der Waals surface area contributed by atoms with Gasteiger partial charge in [0.15, 0.2) is 0 Å². The molecule has 10 heteroatoms. The molecule has 10 nitrogen and oxygen atoms in total.